The summed E-state index contributed by atoms with van der Waals surface area (Å²) in [6.07, 6.45) is 3.84. The highest BCUT2D eigenvalue weighted by atomic mass is 35.5. The Bertz CT molecular complexity index is 828. The second kappa shape index (κ2) is 7.89. The summed E-state index contributed by atoms with van der Waals surface area (Å²) in [5, 5.41) is 9.08. The first-order chi connectivity index (χ1) is 12.1. The predicted octanol–water partition coefficient (Wildman–Crippen LogP) is 3.20. The minimum atomic E-state index is -0.344. The van der Waals surface area contributed by atoms with Crippen LogP contribution in [-0.2, 0) is 11.4 Å². The standard InChI is InChI=1S/C17H18Cl2N4O2/c1-25-21-14(12-4-6-13(18)7-5-12)11-23-17(24)16(19)15(10-20-23)22-8-2-3-9-22/h4-7,10H,2-3,8-9,11H2,1H3/b21-14-. The largest absolute Gasteiger partial charge is 0.399 e. The fourth-order valence-electron chi connectivity index (χ4n) is 2.81. The van der Waals surface area contributed by atoms with Crippen LogP contribution in [0.3, 0.4) is 0 Å². The van der Waals surface area contributed by atoms with Crippen LogP contribution in [0.1, 0.15) is 18.4 Å². The van der Waals surface area contributed by atoms with Crippen LogP contribution >= 0.6 is 23.2 Å². The van der Waals surface area contributed by atoms with E-state index in [0.29, 0.717) is 16.4 Å². The molecule has 0 bridgehead atoms. The van der Waals surface area contributed by atoms with Gasteiger partial charge >= 0.3 is 0 Å². The molecule has 0 spiro atoms. The smallest absolute Gasteiger partial charge is 0.288 e. The predicted molar refractivity (Wildman–Crippen MR) is 100.0 cm³/mol. The number of nitrogens with zero attached hydrogens (tertiary/aromatic N) is 4. The van der Waals surface area contributed by atoms with E-state index >= 15 is 0 Å². The third kappa shape index (κ3) is 3.96. The van der Waals surface area contributed by atoms with Gasteiger partial charge in [0, 0.05) is 23.7 Å². The van der Waals surface area contributed by atoms with Crippen molar-refractivity contribution in [1.29, 1.82) is 0 Å². The number of halogens is 2. The molecule has 0 N–H and O–H groups in total. The van der Waals surface area contributed by atoms with Crippen LogP contribution in [0.5, 0.6) is 0 Å². The summed E-state index contributed by atoms with van der Waals surface area (Å²) < 4.78 is 1.29. The van der Waals surface area contributed by atoms with Crippen molar-refractivity contribution in [2.45, 2.75) is 19.4 Å². The molecule has 0 saturated carbocycles. The molecule has 1 aromatic carbocycles. The van der Waals surface area contributed by atoms with Crippen LogP contribution in [0.2, 0.25) is 10.0 Å². The lowest BCUT2D eigenvalue weighted by atomic mass is 10.1. The minimum absolute atomic E-state index is 0.147. The fraction of sp³-hybridized carbons (Fsp3) is 0.353. The highest BCUT2D eigenvalue weighted by Gasteiger charge is 2.19. The van der Waals surface area contributed by atoms with Crippen molar-refractivity contribution >= 4 is 34.6 Å². The highest BCUT2D eigenvalue weighted by Crippen LogP contribution is 2.24. The molecule has 0 unspecified atom stereocenters. The number of hydrogen-bond acceptors (Lipinski definition) is 5. The summed E-state index contributed by atoms with van der Waals surface area (Å²) in [6, 6.07) is 7.13. The van der Waals surface area contributed by atoms with Gasteiger partial charge in [-0.25, -0.2) is 4.68 Å². The monoisotopic (exact) mass is 380 g/mol. The molecule has 0 radical (unpaired) electrons. The fourth-order valence-corrected chi connectivity index (χ4v) is 3.21. The van der Waals surface area contributed by atoms with E-state index in [9.17, 15) is 4.79 Å². The van der Waals surface area contributed by atoms with Crippen molar-refractivity contribution in [2.24, 2.45) is 5.16 Å². The van der Waals surface area contributed by atoms with Crippen molar-refractivity contribution in [3.63, 3.8) is 0 Å². The Kier molecular flexibility index (Phi) is 5.60. The SMILES string of the molecule is CO/N=C(/Cn1ncc(N2CCCC2)c(Cl)c1=O)c1ccc(Cl)cc1. The van der Waals surface area contributed by atoms with Gasteiger partial charge in [0.25, 0.3) is 5.56 Å². The Balaban J connectivity index is 1.90. The molecule has 1 fully saturated rings. The van der Waals surface area contributed by atoms with E-state index in [0.717, 1.165) is 31.5 Å². The molecule has 1 aliphatic rings. The maximum atomic E-state index is 12.6. The molecule has 6 nitrogen and oxygen atoms in total. The Hall–Kier alpha value is -2.05. The number of oxime groups is 1. The molecule has 1 saturated heterocycles. The van der Waals surface area contributed by atoms with E-state index in [1.165, 1.54) is 11.8 Å². The van der Waals surface area contributed by atoms with Crippen molar-refractivity contribution in [2.75, 3.05) is 25.1 Å². The van der Waals surface area contributed by atoms with Gasteiger partial charge in [-0.1, -0.05) is 40.5 Å². The summed E-state index contributed by atoms with van der Waals surface area (Å²) in [5.74, 6) is 0. The summed E-state index contributed by atoms with van der Waals surface area (Å²) >= 11 is 12.2. The molecule has 2 aromatic rings. The summed E-state index contributed by atoms with van der Waals surface area (Å²) in [4.78, 5) is 19.6. The average molecular weight is 381 g/mol. The lowest BCUT2D eigenvalue weighted by molar-refractivity contribution is 0.212. The molecule has 1 aliphatic heterocycles. The first kappa shape index (κ1) is 17.8. The number of aromatic nitrogens is 2. The van der Waals surface area contributed by atoms with Crippen LogP contribution in [0.4, 0.5) is 5.69 Å². The summed E-state index contributed by atoms with van der Waals surface area (Å²) in [7, 11) is 1.45. The number of benzene rings is 1. The first-order valence-electron chi connectivity index (χ1n) is 7.96. The third-order valence-corrected chi connectivity index (χ3v) is 4.70. The van der Waals surface area contributed by atoms with Gasteiger partial charge in [0.2, 0.25) is 0 Å². The Labute approximate surface area is 155 Å². The molecule has 1 aromatic heterocycles. The van der Waals surface area contributed by atoms with Gasteiger partial charge in [0.1, 0.15) is 17.8 Å². The van der Waals surface area contributed by atoms with Crippen LogP contribution in [-0.4, -0.2) is 35.7 Å². The summed E-state index contributed by atoms with van der Waals surface area (Å²) in [5.41, 5.74) is 1.69. The molecule has 0 amide bonds. The zero-order valence-electron chi connectivity index (χ0n) is 13.8. The number of anilines is 1. The van der Waals surface area contributed by atoms with Crippen molar-refractivity contribution < 1.29 is 4.84 Å². The van der Waals surface area contributed by atoms with E-state index in [1.54, 1.807) is 18.3 Å². The van der Waals surface area contributed by atoms with Gasteiger partial charge in [-0.2, -0.15) is 5.10 Å². The second-order valence-electron chi connectivity index (χ2n) is 5.73. The van der Waals surface area contributed by atoms with Gasteiger partial charge in [-0.05, 0) is 25.0 Å². The van der Waals surface area contributed by atoms with E-state index in [2.05, 4.69) is 15.2 Å². The van der Waals surface area contributed by atoms with Gasteiger partial charge in [-0.15, -0.1) is 0 Å². The Morgan fingerprint density at radius 1 is 1.24 bits per heavy atom. The Morgan fingerprint density at radius 2 is 1.92 bits per heavy atom. The van der Waals surface area contributed by atoms with Crippen LogP contribution in [0, 0.1) is 0 Å². The van der Waals surface area contributed by atoms with Gasteiger partial charge < -0.3 is 9.74 Å². The topological polar surface area (TPSA) is 59.7 Å². The highest BCUT2D eigenvalue weighted by molar-refractivity contribution is 6.33. The van der Waals surface area contributed by atoms with Gasteiger partial charge in [0.05, 0.1) is 18.4 Å². The summed E-state index contributed by atoms with van der Waals surface area (Å²) in [6.45, 7) is 1.94. The quantitative estimate of drug-likeness (QED) is 0.590. The van der Waals surface area contributed by atoms with E-state index in [1.807, 2.05) is 12.1 Å². The molecule has 8 heteroatoms. The maximum absolute atomic E-state index is 12.6. The third-order valence-electron chi connectivity index (χ3n) is 4.09. The lowest BCUT2D eigenvalue weighted by Gasteiger charge is -2.19. The Morgan fingerprint density at radius 3 is 2.56 bits per heavy atom. The van der Waals surface area contributed by atoms with Crippen molar-refractivity contribution in [3.05, 3.63) is 56.4 Å². The van der Waals surface area contributed by atoms with Crippen molar-refractivity contribution in [1.82, 2.24) is 9.78 Å². The van der Waals surface area contributed by atoms with Crippen LogP contribution in [0.25, 0.3) is 0 Å². The minimum Gasteiger partial charge on any atom is -0.399 e. The molecule has 3 rings (SSSR count). The van der Waals surface area contributed by atoms with Gasteiger partial charge in [-0.3, -0.25) is 4.79 Å². The molecular weight excluding hydrogens is 363 g/mol. The number of rotatable bonds is 5. The average Bonchev–Trinajstić information content (AvgIpc) is 3.13. The molecule has 0 aliphatic carbocycles. The molecule has 2 heterocycles. The van der Waals surface area contributed by atoms with Gasteiger partial charge in [0.15, 0.2) is 0 Å². The zero-order chi connectivity index (χ0) is 17.8. The van der Waals surface area contributed by atoms with E-state index in [4.69, 9.17) is 28.0 Å². The lowest BCUT2D eigenvalue weighted by Crippen LogP contribution is -2.30. The second-order valence-corrected chi connectivity index (χ2v) is 6.54. The number of hydrogen-bond donors (Lipinski definition) is 0. The molecule has 0 atom stereocenters. The van der Waals surface area contributed by atoms with E-state index < -0.39 is 0 Å². The maximum Gasteiger partial charge on any atom is 0.288 e. The van der Waals surface area contributed by atoms with Crippen LogP contribution in [0.15, 0.2) is 40.4 Å². The molecular formula is C17H18Cl2N4O2. The van der Waals surface area contributed by atoms with Crippen molar-refractivity contribution in [3.8, 4) is 0 Å². The first-order valence-corrected chi connectivity index (χ1v) is 8.72. The molecule has 132 valence electrons. The molecule has 25 heavy (non-hydrogen) atoms. The normalized spacial score (nSPS) is 14.8. The van der Waals surface area contributed by atoms with E-state index in [-0.39, 0.29) is 17.1 Å². The van der Waals surface area contributed by atoms with Crippen LogP contribution < -0.4 is 10.5 Å². The zero-order valence-corrected chi connectivity index (χ0v) is 15.3.